The predicted octanol–water partition coefficient (Wildman–Crippen LogP) is 3.85. The molecule has 7 nitrogen and oxygen atoms in total. The summed E-state index contributed by atoms with van der Waals surface area (Å²) in [6.07, 6.45) is 9.65. The Hall–Kier alpha value is -2.41. The molecule has 7 heteroatoms. The highest BCUT2D eigenvalue weighted by Gasteiger charge is 2.26. The quantitative estimate of drug-likeness (QED) is 0.543. The number of aromatic amines is 1. The van der Waals surface area contributed by atoms with Gasteiger partial charge < -0.3 is 20.9 Å². The van der Waals surface area contributed by atoms with Gasteiger partial charge in [-0.25, -0.2) is 9.78 Å². The number of rotatable bonds is 9. The first-order chi connectivity index (χ1) is 14.6. The van der Waals surface area contributed by atoms with Crippen molar-refractivity contribution >= 4 is 16.9 Å². The maximum atomic E-state index is 13.2. The van der Waals surface area contributed by atoms with Crippen molar-refractivity contribution < 1.29 is 4.79 Å². The largest absolute Gasteiger partial charge is 0.335 e. The van der Waals surface area contributed by atoms with Crippen LogP contribution in [0.3, 0.4) is 0 Å². The molecule has 164 valence electrons. The molecule has 1 unspecified atom stereocenters. The number of H-pyrrole nitrogens is 1. The van der Waals surface area contributed by atoms with Crippen molar-refractivity contribution in [3.05, 3.63) is 40.4 Å². The number of para-hydroxylation sites is 1. The first-order valence-corrected chi connectivity index (χ1v) is 11.4. The number of fused-ring (bicyclic) bond motifs is 1. The second kappa shape index (κ2) is 11.1. The van der Waals surface area contributed by atoms with E-state index in [1.54, 1.807) is 6.07 Å². The van der Waals surface area contributed by atoms with Crippen LogP contribution in [0.25, 0.3) is 10.9 Å². The molecular formula is C23H35N5O2. The second-order valence-corrected chi connectivity index (χ2v) is 8.32. The molecule has 30 heavy (non-hydrogen) atoms. The molecule has 0 saturated heterocycles. The fourth-order valence-electron chi connectivity index (χ4n) is 4.21. The van der Waals surface area contributed by atoms with Gasteiger partial charge in [-0.1, -0.05) is 44.2 Å². The van der Waals surface area contributed by atoms with Gasteiger partial charge in [-0.2, -0.15) is 0 Å². The molecule has 1 heterocycles. The van der Waals surface area contributed by atoms with Gasteiger partial charge in [0.15, 0.2) is 0 Å². The molecule has 1 aliphatic carbocycles. The number of amides is 2. The molecule has 1 atom stereocenters. The van der Waals surface area contributed by atoms with E-state index in [2.05, 4.69) is 15.3 Å². The molecule has 0 spiro atoms. The van der Waals surface area contributed by atoms with Crippen molar-refractivity contribution in [2.24, 2.45) is 5.73 Å². The summed E-state index contributed by atoms with van der Waals surface area (Å²) < 4.78 is 0. The van der Waals surface area contributed by atoms with Gasteiger partial charge in [0, 0.05) is 12.6 Å². The van der Waals surface area contributed by atoms with Gasteiger partial charge in [-0.15, -0.1) is 0 Å². The van der Waals surface area contributed by atoms with E-state index in [1.807, 2.05) is 30.0 Å². The van der Waals surface area contributed by atoms with E-state index >= 15 is 0 Å². The SMILES string of the molecule is CC(c1nc2ccccc2c(=O)[nH]1)N(CCCCCCN)C(=O)NC1CCCCC1. The maximum absolute atomic E-state index is 13.2. The lowest BCUT2D eigenvalue weighted by Crippen LogP contribution is -2.47. The average Bonchev–Trinajstić information content (AvgIpc) is 2.76. The van der Waals surface area contributed by atoms with Crippen LogP contribution in [-0.4, -0.2) is 40.0 Å². The Kier molecular flexibility index (Phi) is 8.25. The fourth-order valence-corrected chi connectivity index (χ4v) is 4.21. The standard InChI is InChI=1S/C23H35N5O2/c1-17(21-26-20-14-8-7-13-19(20)22(29)27-21)28(16-10-3-2-9-15-24)23(30)25-18-11-5-4-6-12-18/h7-8,13-14,17-18H,2-6,9-12,15-16,24H2,1H3,(H,25,30)(H,26,27,29). The van der Waals surface area contributed by atoms with Crippen molar-refractivity contribution in [1.82, 2.24) is 20.2 Å². The Morgan fingerprint density at radius 2 is 1.93 bits per heavy atom. The van der Waals surface area contributed by atoms with Crippen LogP contribution in [0.15, 0.2) is 29.1 Å². The van der Waals surface area contributed by atoms with Gasteiger partial charge in [0.05, 0.1) is 16.9 Å². The van der Waals surface area contributed by atoms with E-state index in [0.717, 1.165) is 38.5 Å². The van der Waals surface area contributed by atoms with Gasteiger partial charge in [0.1, 0.15) is 5.82 Å². The Morgan fingerprint density at radius 1 is 1.20 bits per heavy atom. The fraction of sp³-hybridized carbons (Fsp3) is 0.609. The minimum Gasteiger partial charge on any atom is -0.335 e. The number of carbonyl (C=O) groups excluding carboxylic acids is 1. The summed E-state index contributed by atoms with van der Waals surface area (Å²) >= 11 is 0. The zero-order valence-corrected chi connectivity index (χ0v) is 18.0. The van der Waals surface area contributed by atoms with Crippen LogP contribution in [0.4, 0.5) is 4.79 Å². The first-order valence-electron chi connectivity index (χ1n) is 11.4. The summed E-state index contributed by atoms with van der Waals surface area (Å²) in [5.41, 5.74) is 6.07. The maximum Gasteiger partial charge on any atom is 0.318 e. The van der Waals surface area contributed by atoms with Crippen LogP contribution >= 0.6 is 0 Å². The number of benzene rings is 1. The summed E-state index contributed by atoms with van der Waals surface area (Å²) in [5, 5.41) is 3.78. The summed E-state index contributed by atoms with van der Waals surface area (Å²) in [7, 11) is 0. The molecule has 0 radical (unpaired) electrons. The Bertz CT molecular complexity index is 875. The second-order valence-electron chi connectivity index (χ2n) is 8.32. The van der Waals surface area contributed by atoms with Crippen LogP contribution in [0, 0.1) is 0 Å². The highest BCUT2D eigenvalue weighted by Crippen LogP contribution is 2.21. The normalized spacial score (nSPS) is 15.8. The zero-order valence-electron chi connectivity index (χ0n) is 18.0. The summed E-state index contributed by atoms with van der Waals surface area (Å²) in [6.45, 7) is 3.26. The van der Waals surface area contributed by atoms with Crippen LogP contribution in [0.5, 0.6) is 0 Å². The van der Waals surface area contributed by atoms with Crippen molar-refractivity contribution in [1.29, 1.82) is 0 Å². The summed E-state index contributed by atoms with van der Waals surface area (Å²) in [6, 6.07) is 7.15. The van der Waals surface area contributed by atoms with E-state index in [-0.39, 0.29) is 23.7 Å². The highest BCUT2D eigenvalue weighted by molar-refractivity contribution is 5.77. The number of unbranched alkanes of at least 4 members (excludes halogenated alkanes) is 3. The predicted molar refractivity (Wildman–Crippen MR) is 120 cm³/mol. The van der Waals surface area contributed by atoms with Crippen molar-refractivity contribution in [2.45, 2.75) is 76.8 Å². The number of hydrogen-bond acceptors (Lipinski definition) is 4. The number of nitrogens with two attached hydrogens (primary N) is 1. The number of carbonyl (C=O) groups is 1. The molecule has 1 fully saturated rings. The number of nitrogens with one attached hydrogen (secondary N) is 2. The zero-order chi connectivity index (χ0) is 21.3. The van der Waals surface area contributed by atoms with E-state index in [9.17, 15) is 9.59 Å². The van der Waals surface area contributed by atoms with Crippen LogP contribution < -0.4 is 16.6 Å². The van der Waals surface area contributed by atoms with E-state index in [4.69, 9.17) is 5.73 Å². The Morgan fingerprint density at radius 3 is 2.70 bits per heavy atom. The summed E-state index contributed by atoms with van der Waals surface area (Å²) in [5.74, 6) is 0.527. The number of hydrogen-bond donors (Lipinski definition) is 3. The van der Waals surface area contributed by atoms with Crippen molar-refractivity contribution in [2.75, 3.05) is 13.1 Å². The van der Waals surface area contributed by atoms with Gasteiger partial charge in [-0.3, -0.25) is 4.79 Å². The van der Waals surface area contributed by atoms with Crippen LogP contribution in [-0.2, 0) is 0 Å². The lowest BCUT2D eigenvalue weighted by molar-refractivity contribution is 0.168. The van der Waals surface area contributed by atoms with Gasteiger partial charge >= 0.3 is 6.03 Å². The number of urea groups is 1. The summed E-state index contributed by atoms with van der Waals surface area (Å²) in [4.78, 5) is 35.1. The van der Waals surface area contributed by atoms with E-state index < -0.39 is 0 Å². The molecule has 3 rings (SSSR count). The molecule has 1 aromatic carbocycles. The molecule has 0 bridgehead atoms. The topological polar surface area (TPSA) is 104 Å². The number of nitrogens with zero attached hydrogens (tertiary/aromatic N) is 2. The van der Waals surface area contributed by atoms with E-state index in [0.29, 0.717) is 29.8 Å². The number of aromatic nitrogens is 2. The third kappa shape index (κ3) is 5.81. The molecule has 1 aromatic heterocycles. The molecular weight excluding hydrogens is 378 g/mol. The lowest BCUT2D eigenvalue weighted by atomic mass is 9.96. The lowest BCUT2D eigenvalue weighted by Gasteiger charge is -2.32. The Balaban J connectivity index is 1.76. The molecule has 2 aromatic rings. The van der Waals surface area contributed by atoms with E-state index in [1.165, 1.54) is 19.3 Å². The molecule has 0 aliphatic heterocycles. The molecule has 1 aliphatic rings. The molecule has 4 N–H and O–H groups in total. The van der Waals surface area contributed by atoms with Crippen molar-refractivity contribution in [3.8, 4) is 0 Å². The van der Waals surface area contributed by atoms with Crippen molar-refractivity contribution in [3.63, 3.8) is 0 Å². The molecule has 1 saturated carbocycles. The highest BCUT2D eigenvalue weighted by atomic mass is 16.2. The monoisotopic (exact) mass is 413 g/mol. The third-order valence-corrected chi connectivity index (χ3v) is 6.04. The van der Waals surface area contributed by atoms with Gasteiger partial charge in [0.2, 0.25) is 0 Å². The Labute approximate surface area is 178 Å². The average molecular weight is 414 g/mol. The minimum absolute atomic E-state index is 0.0657. The third-order valence-electron chi connectivity index (χ3n) is 6.04. The van der Waals surface area contributed by atoms with Gasteiger partial charge in [0.25, 0.3) is 5.56 Å². The van der Waals surface area contributed by atoms with Gasteiger partial charge in [-0.05, 0) is 51.3 Å². The molecule has 2 amide bonds. The van der Waals surface area contributed by atoms with Crippen LogP contribution in [0.1, 0.15) is 76.6 Å². The smallest absolute Gasteiger partial charge is 0.318 e. The minimum atomic E-state index is -0.319. The van der Waals surface area contributed by atoms with Crippen LogP contribution in [0.2, 0.25) is 0 Å². The first kappa shape index (κ1) is 22.3.